The van der Waals surface area contributed by atoms with E-state index in [1.807, 2.05) is 48.5 Å². The van der Waals surface area contributed by atoms with Crippen molar-refractivity contribution < 1.29 is 14.3 Å². The van der Waals surface area contributed by atoms with Gasteiger partial charge >= 0.3 is 0 Å². The van der Waals surface area contributed by atoms with E-state index in [9.17, 15) is 4.79 Å². The highest BCUT2D eigenvalue weighted by atomic mass is 32.2. The number of benzene rings is 2. The first kappa shape index (κ1) is 15.7. The average Bonchev–Trinajstić information content (AvgIpc) is 2.84. The van der Waals surface area contributed by atoms with E-state index in [0.717, 1.165) is 28.4 Å². The molecular formula is C18H19NO3S. The summed E-state index contributed by atoms with van der Waals surface area (Å²) in [5, 5.41) is 2.93. The zero-order valence-corrected chi connectivity index (χ0v) is 13.6. The molecule has 1 heterocycles. The Morgan fingerprint density at radius 3 is 2.65 bits per heavy atom. The van der Waals surface area contributed by atoms with Crippen LogP contribution in [0.1, 0.15) is 12.0 Å². The van der Waals surface area contributed by atoms with Crippen molar-refractivity contribution in [3.63, 3.8) is 0 Å². The van der Waals surface area contributed by atoms with Crippen molar-refractivity contribution in [1.82, 2.24) is 5.32 Å². The van der Waals surface area contributed by atoms with Crippen LogP contribution in [-0.2, 0) is 11.3 Å². The van der Waals surface area contributed by atoms with Crippen LogP contribution in [0.3, 0.4) is 0 Å². The standard InChI is InChI=1S/C18H19NO3S/c20-18(19-12-14-5-2-1-3-6-14)13-23-15-7-8-16-17(11-15)22-10-4-9-21-16/h1-3,5-8,11H,4,9-10,12-13H2,(H,19,20). The number of rotatable bonds is 5. The van der Waals surface area contributed by atoms with E-state index < -0.39 is 0 Å². The summed E-state index contributed by atoms with van der Waals surface area (Å²) in [4.78, 5) is 12.9. The van der Waals surface area contributed by atoms with Gasteiger partial charge in [0.25, 0.3) is 0 Å². The maximum Gasteiger partial charge on any atom is 0.230 e. The molecule has 23 heavy (non-hydrogen) atoms. The molecule has 1 N–H and O–H groups in total. The lowest BCUT2D eigenvalue weighted by atomic mass is 10.2. The quantitative estimate of drug-likeness (QED) is 0.856. The van der Waals surface area contributed by atoms with Gasteiger partial charge in [0.1, 0.15) is 0 Å². The largest absolute Gasteiger partial charge is 0.490 e. The van der Waals surface area contributed by atoms with Gasteiger partial charge in [-0.15, -0.1) is 11.8 Å². The van der Waals surface area contributed by atoms with Crippen molar-refractivity contribution in [1.29, 1.82) is 0 Å². The van der Waals surface area contributed by atoms with E-state index in [1.54, 1.807) is 0 Å². The Bertz CT molecular complexity index is 661. The highest BCUT2D eigenvalue weighted by molar-refractivity contribution is 8.00. The fourth-order valence-electron chi connectivity index (χ4n) is 2.23. The molecule has 0 radical (unpaired) electrons. The number of carbonyl (C=O) groups excluding carboxylic acids is 1. The third-order valence-corrected chi connectivity index (χ3v) is 4.42. The molecular weight excluding hydrogens is 310 g/mol. The van der Waals surface area contributed by atoms with Crippen molar-refractivity contribution in [3.05, 3.63) is 54.1 Å². The van der Waals surface area contributed by atoms with Crippen LogP contribution in [-0.4, -0.2) is 24.9 Å². The summed E-state index contributed by atoms with van der Waals surface area (Å²) < 4.78 is 11.3. The van der Waals surface area contributed by atoms with Gasteiger partial charge in [0.15, 0.2) is 11.5 Å². The fourth-order valence-corrected chi connectivity index (χ4v) is 2.98. The number of nitrogens with one attached hydrogen (secondary N) is 1. The molecule has 0 unspecified atom stereocenters. The summed E-state index contributed by atoms with van der Waals surface area (Å²) in [6.45, 7) is 1.90. The lowest BCUT2D eigenvalue weighted by molar-refractivity contribution is -0.118. The molecule has 0 bridgehead atoms. The molecule has 3 rings (SSSR count). The summed E-state index contributed by atoms with van der Waals surface area (Å²) >= 11 is 1.50. The number of thioether (sulfide) groups is 1. The molecule has 2 aromatic carbocycles. The highest BCUT2D eigenvalue weighted by Gasteiger charge is 2.11. The summed E-state index contributed by atoms with van der Waals surface area (Å²) in [6, 6.07) is 15.7. The van der Waals surface area contributed by atoms with Gasteiger partial charge in [-0.2, -0.15) is 0 Å². The molecule has 5 heteroatoms. The van der Waals surface area contributed by atoms with Gasteiger partial charge in [0, 0.05) is 17.9 Å². The van der Waals surface area contributed by atoms with Gasteiger partial charge in [0.2, 0.25) is 5.91 Å². The van der Waals surface area contributed by atoms with Crippen molar-refractivity contribution in [3.8, 4) is 11.5 Å². The Morgan fingerprint density at radius 1 is 1.04 bits per heavy atom. The number of fused-ring (bicyclic) bond motifs is 1. The summed E-state index contributed by atoms with van der Waals surface area (Å²) in [5.41, 5.74) is 1.10. The van der Waals surface area contributed by atoms with Gasteiger partial charge < -0.3 is 14.8 Å². The van der Waals surface area contributed by atoms with Gasteiger partial charge in [-0.3, -0.25) is 4.79 Å². The molecule has 0 fully saturated rings. The predicted octanol–water partition coefficient (Wildman–Crippen LogP) is 3.26. The summed E-state index contributed by atoms with van der Waals surface area (Å²) in [5.74, 6) is 1.94. The van der Waals surface area contributed by atoms with Crippen LogP contribution in [0.4, 0.5) is 0 Å². The minimum Gasteiger partial charge on any atom is -0.490 e. The first-order valence-electron chi connectivity index (χ1n) is 7.64. The van der Waals surface area contributed by atoms with Crippen molar-refractivity contribution in [2.75, 3.05) is 19.0 Å². The summed E-state index contributed by atoms with van der Waals surface area (Å²) in [7, 11) is 0. The second-order valence-electron chi connectivity index (χ2n) is 5.21. The maximum atomic E-state index is 11.9. The lowest BCUT2D eigenvalue weighted by Gasteiger charge is -2.09. The molecule has 0 spiro atoms. The molecule has 0 saturated heterocycles. The van der Waals surface area contributed by atoms with Crippen molar-refractivity contribution in [2.24, 2.45) is 0 Å². The Balaban J connectivity index is 1.50. The molecule has 4 nitrogen and oxygen atoms in total. The monoisotopic (exact) mass is 329 g/mol. The van der Waals surface area contributed by atoms with Crippen LogP contribution in [0.5, 0.6) is 11.5 Å². The van der Waals surface area contributed by atoms with Crippen molar-refractivity contribution in [2.45, 2.75) is 17.9 Å². The molecule has 0 saturated carbocycles. The number of amides is 1. The Morgan fingerprint density at radius 2 is 1.83 bits per heavy atom. The zero-order chi connectivity index (χ0) is 15.9. The second kappa shape index (κ2) is 7.92. The van der Waals surface area contributed by atoms with Crippen LogP contribution in [0.25, 0.3) is 0 Å². The molecule has 1 aliphatic heterocycles. The van der Waals surface area contributed by atoms with Crippen LogP contribution < -0.4 is 14.8 Å². The second-order valence-corrected chi connectivity index (χ2v) is 6.26. The SMILES string of the molecule is O=C(CSc1ccc2c(c1)OCCCO2)NCc1ccccc1. The Kier molecular flexibility index (Phi) is 5.42. The van der Waals surface area contributed by atoms with E-state index in [4.69, 9.17) is 9.47 Å². The first-order chi connectivity index (χ1) is 11.3. The molecule has 0 aromatic heterocycles. The third-order valence-electron chi connectivity index (χ3n) is 3.42. The van der Waals surface area contributed by atoms with Crippen LogP contribution in [0.15, 0.2) is 53.4 Å². The van der Waals surface area contributed by atoms with E-state index in [2.05, 4.69) is 5.32 Å². The van der Waals surface area contributed by atoms with E-state index in [-0.39, 0.29) is 5.91 Å². The van der Waals surface area contributed by atoms with E-state index >= 15 is 0 Å². The molecule has 2 aromatic rings. The normalized spacial score (nSPS) is 13.2. The maximum absolute atomic E-state index is 11.9. The number of hydrogen-bond acceptors (Lipinski definition) is 4. The minimum atomic E-state index is 0.0194. The van der Waals surface area contributed by atoms with Crippen LogP contribution >= 0.6 is 11.8 Å². The number of hydrogen-bond donors (Lipinski definition) is 1. The smallest absolute Gasteiger partial charge is 0.230 e. The molecule has 1 amide bonds. The summed E-state index contributed by atoms with van der Waals surface area (Å²) in [6.07, 6.45) is 0.888. The van der Waals surface area contributed by atoms with Gasteiger partial charge in [-0.1, -0.05) is 30.3 Å². The van der Waals surface area contributed by atoms with Crippen molar-refractivity contribution >= 4 is 17.7 Å². The Hall–Kier alpha value is -2.14. The van der Waals surface area contributed by atoms with E-state index in [1.165, 1.54) is 11.8 Å². The van der Waals surface area contributed by atoms with Crippen LogP contribution in [0.2, 0.25) is 0 Å². The molecule has 1 aliphatic rings. The minimum absolute atomic E-state index is 0.0194. The average molecular weight is 329 g/mol. The Labute approximate surface area is 140 Å². The van der Waals surface area contributed by atoms with Gasteiger partial charge in [-0.05, 0) is 23.8 Å². The topological polar surface area (TPSA) is 47.6 Å². The number of carbonyl (C=O) groups is 1. The molecule has 0 atom stereocenters. The number of ether oxygens (including phenoxy) is 2. The fraction of sp³-hybridized carbons (Fsp3) is 0.278. The predicted molar refractivity (Wildman–Crippen MR) is 91.1 cm³/mol. The van der Waals surface area contributed by atoms with Gasteiger partial charge in [-0.25, -0.2) is 0 Å². The molecule has 0 aliphatic carbocycles. The zero-order valence-electron chi connectivity index (χ0n) is 12.8. The highest BCUT2D eigenvalue weighted by Crippen LogP contribution is 2.33. The third kappa shape index (κ3) is 4.66. The first-order valence-corrected chi connectivity index (χ1v) is 8.63. The lowest BCUT2D eigenvalue weighted by Crippen LogP contribution is -2.24. The van der Waals surface area contributed by atoms with Gasteiger partial charge in [0.05, 0.1) is 19.0 Å². The van der Waals surface area contributed by atoms with Crippen LogP contribution in [0, 0.1) is 0 Å². The van der Waals surface area contributed by atoms with E-state index in [0.29, 0.717) is 25.5 Å². The molecule has 120 valence electrons.